The van der Waals surface area contributed by atoms with Gasteiger partial charge in [-0.15, -0.1) is 11.3 Å². The molecule has 0 saturated heterocycles. The van der Waals surface area contributed by atoms with Gasteiger partial charge in [-0.3, -0.25) is 14.8 Å². The molecule has 3 rings (SSSR count). The van der Waals surface area contributed by atoms with E-state index in [0.717, 1.165) is 40.5 Å². The van der Waals surface area contributed by atoms with E-state index in [4.69, 9.17) is 4.98 Å². The van der Waals surface area contributed by atoms with Crippen LogP contribution in [0, 0.1) is 10.1 Å². The first-order valence-corrected chi connectivity index (χ1v) is 10.0. The molecule has 0 aliphatic heterocycles. The van der Waals surface area contributed by atoms with Crippen molar-refractivity contribution in [2.45, 2.75) is 39.2 Å². The third-order valence-electron chi connectivity index (χ3n) is 4.41. The minimum absolute atomic E-state index is 0.0809. The van der Waals surface area contributed by atoms with Crippen molar-refractivity contribution in [1.29, 1.82) is 0 Å². The number of rotatable bonds is 7. The zero-order chi connectivity index (χ0) is 20.3. The van der Waals surface area contributed by atoms with E-state index in [2.05, 4.69) is 36.6 Å². The van der Waals surface area contributed by atoms with E-state index in [-0.39, 0.29) is 11.1 Å². The molecule has 0 radical (unpaired) electrons. The maximum Gasteiger partial charge on any atom is 0.269 e. The van der Waals surface area contributed by atoms with Crippen LogP contribution in [0.5, 0.6) is 0 Å². The minimum atomic E-state index is -0.394. The Morgan fingerprint density at radius 2 is 1.96 bits per heavy atom. The third kappa shape index (κ3) is 4.82. The van der Waals surface area contributed by atoms with Crippen LogP contribution < -0.4 is 5.32 Å². The molecule has 2 aromatic heterocycles. The Balaban J connectivity index is 1.61. The van der Waals surface area contributed by atoms with E-state index in [1.54, 1.807) is 28.2 Å². The Kier molecular flexibility index (Phi) is 5.90. The average Bonchev–Trinajstić information content (AvgIpc) is 3.25. The van der Waals surface area contributed by atoms with Crippen molar-refractivity contribution in [2.24, 2.45) is 7.05 Å². The molecule has 0 aliphatic rings. The van der Waals surface area contributed by atoms with Crippen LogP contribution in [-0.4, -0.2) is 26.2 Å². The number of nitro benzene ring substituents is 1. The molecule has 0 unspecified atom stereocenters. The summed E-state index contributed by atoms with van der Waals surface area (Å²) in [6.07, 6.45) is 2.86. The maximum atomic E-state index is 10.8. The topological polar surface area (TPSA) is 85.9 Å². The molecule has 0 fully saturated rings. The summed E-state index contributed by atoms with van der Waals surface area (Å²) in [5.74, 6) is 0. The largest absolute Gasteiger partial charge is 0.312 e. The normalized spacial score (nSPS) is 11.7. The number of nitrogens with one attached hydrogen (secondary N) is 1. The highest BCUT2D eigenvalue weighted by molar-refractivity contribution is 7.09. The number of aryl methyl sites for hydroxylation is 1. The highest BCUT2D eigenvalue weighted by atomic mass is 32.1. The van der Waals surface area contributed by atoms with Crippen molar-refractivity contribution >= 4 is 17.0 Å². The lowest BCUT2D eigenvalue weighted by atomic mass is 9.93. The SMILES string of the molecule is Cn1cc(CNCCc2nc(C(C)(C)C)cs2)c(-c2ccc([N+](=O)[O-])cc2)n1. The molecule has 0 bridgehead atoms. The molecular weight excluding hydrogens is 374 g/mol. The number of nitro groups is 1. The van der Waals surface area contributed by atoms with E-state index < -0.39 is 4.92 Å². The molecule has 0 atom stereocenters. The van der Waals surface area contributed by atoms with Crippen molar-refractivity contribution in [1.82, 2.24) is 20.1 Å². The molecule has 1 aromatic carbocycles. The zero-order valence-corrected chi connectivity index (χ0v) is 17.4. The first-order valence-electron chi connectivity index (χ1n) is 9.17. The Hall–Kier alpha value is -2.58. The van der Waals surface area contributed by atoms with Gasteiger partial charge in [0.1, 0.15) is 0 Å². The van der Waals surface area contributed by atoms with Crippen LogP contribution in [0.25, 0.3) is 11.3 Å². The highest BCUT2D eigenvalue weighted by Crippen LogP contribution is 2.25. The number of nitrogens with zero attached hydrogens (tertiary/aromatic N) is 4. The standard InChI is InChI=1S/C20H25N5O2S/c1-20(2,3)17-13-28-18(22-17)9-10-21-11-15-12-24(4)23-19(15)14-5-7-16(8-6-14)25(26)27/h5-8,12-13,21H,9-11H2,1-4H3. The van der Waals surface area contributed by atoms with E-state index in [9.17, 15) is 10.1 Å². The van der Waals surface area contributed by atoms with E-state index in [0.29, 0.717) is 6.54 Å². The first-order chi connectivity index (χ1) is 13.2. The highest BCUT2D eigenvalue weighted by Gasteiger charge is 2.17. The van der Waals surface area contributed by atoms with Crippen LogP contribution in [0.15, 0.2) is 35.8 Å². The van der Waals surface area contributed by atoms with Crippen LogP contribution in [0.3, 0.4) is 0 Å². The van der Waals surface area contributed by atoms with Gasteiger partial charge in [0.05, 0.1) is 21.3 Å². The van der Waals surface area contributed by atoms with Crippen molar-refractivity contribution in [3.05, 3.63) is 62.2 Å². The average molecular weight is 400 g/mol. The molecule has 0 amide bonds. The Morgan fingerprint density at radius 3 is 2.57 bits per heavy atom. The monoisotopic (exact) mass is 399 g/mol. The van der Waals surface area contributed by atoms with Crippen molar-refractivity contribution in [3.63, 3.8) is 0 Å². The lowest BCUT2D eigenvalue weighted by molar-refractivity contribution is -0.384. The molecule has 1 N–H and O–H groups in total. The number of thiazole rings is 1. The molecule has 8 heteroatoms. The Morgan fingerprint density at radius 1 is 1.25 bits per heavy atom. The summed E-state index contributed by atoms with van der Waals surface area (Å²) in [6.45, 7) is 8.02. The van der Waals surface area contributed by atoms with Gasteiger partial charge in [-0.2, -0.15) is 5.10 Å². The summed E-state index contributed by atoms with van der Waals surface area (Å²) in [5.41, 5.74) is 4.08. The fraction of sp³-hybridized carbons (Fsp3) is 0.400. The second kappa shape index (κ2) is 8.20. The Labute approximate surface area is 168 Å². The smallest absolute Gasteiger partial charge is 0.269 e. The van der Waals surface area contributed by atoms with Crippen LogP contribution in [-0.2, 0) is 25.4 Å². The molecule has 28 heavy (non-hydrogen) atoms. The second-order valence-corrected chi connectivity index (χ2v) is 8.73. The quantitative estimate of drug-likeness (QED) is 0.367. The fourth-order valence-corrected chi connectivity index (χ4v) is 3.86. The van der Waals surface area contributed by atoms with E-state index in [1.807, 2.05) is 13.2 Å². The lowest BCUT2D eigenvalue weighted by Gasteiger charge is -2.14. The van der Waals surface area contributed by atoms with Gasteiger partial charge in [0.25, 0.3) is 5.69 Å². The van der Waals surface area contributed by atoms with Gasteiger partial charge < -0.3 is 5.32 Å². The van der Waals surface area contributed by atoms with Crippen molar-refractivity contribution < 1.29 is 4.92 Å². The molecule has 7 nitrogen and oxygen atoms in total. The van der Waals surface area contributed by atoms with Gasteiger partial charge in [0, 0.05) is 66.8 Å². The van der Waals surface area contributed by atoms with Gasteiger partial charge in [-0.25, -0.2) is 4.98 Å². The number of benzene rings is 1. The minimum Gasteiger partial charge on any atom is -0.312 e. The van der Waals surface area contributed by atoms with Crippen LogP contribution in [0.2, 0.25) is 0 Å². The van der Waals surface area contributed by atoms with Crippen molar-refractivity contribution in [2.75, 3.05) is 6.54 Å². The van der Waals surface area contributed by atoms with Gasteiger partial charge in [0.2, 0.25) is 0 Å². The summed E-state index contributed by atoms with van der Waals surface area (Å²) in [4.78, 5) is 15.2. The van der Waals surface area contributed by atoms with E-state index >= 15 is 0 Å². The predicted molar refractivity (Wildman–Crippen MR) is 112 cm³/mol. The third-order valence-corrected chi connectivity index (χ3v) is 5.32. The number of hydrogen-bond donors (Lipinski definition) is 1. The van der Waals surface area contributed by atoms with Gasteiger partial charge >= 0.3 is 0 Å². The molecule has 3 aromatic rings. The summed E-state index contributed by atoms with van der Waals surface area (Å²) in [7, 11) is 1.88. The van der Waals surface area contributed by atoms with E-state index in [1.165, 1.54) is 12.1 Å². The van der Waals surface area contributed by atoms with Crippen LogP contribution >= 0.6 is 11.3 Å². The lowest BCUT2D eigenvalue weighted by Crippen LogP contribution is -2.17. The summed E-state index contributed by atoms with van der Waals surface area (Å²) in [6, 6.07) is 6.51. The molecule has 0 aliphatic carbocycles. The number of hydrogen-bond acceptors (Lipinski definition) is 6. The van der Waals surface area contributed by atoms with Crippen LogP contribution in [0.4, 0.5) is 5.69 Å². The molecule has 0 spiro atoms. The Bertz CT molecular complexity index is 954. The van der Waals surface area contributed by atoms with Gasteiger partial charge in [-0.05, 0) is 12.1 Å². The molecular formula is C20H25N5O2S. The molecule has 2 heterocycles. The molecule has 0 saturated carbocycles. The molecule has 148 valence electrons. The number of aromatic nitrogens is 3. The fourth-order valence-electron chi connectivity index (χ4n) is 2.84. The van der Waals surface area contributed by atoms with Gasteiger partial charge in [0.15, 0.2) is 0 Å². The second-order valence-electron chi connectivity index (χ2n) is 7.78. The first kappa shape index (κ1) is 20.2. The zero-order valence-electron chi connectivity index (χ0n) is 16.6. The summed E-state index contributed by atoms with van der Waals surface area (Å²) < 4.78 is 1.77. The number of non-ortho nitro benzene ring substituents is 1. The van der Waals surface area contributed by atoms with Crippen molar-refractivity contribution in [3.8, 4) is 11.3 Å². The predicted octanol–water partition coefficient (Wildman–Crippen LogP) is 4.08. The van der Waals surface area contributed by atoms with Gasteiger partial charge in [-0.1, -0.05) is 20.8 Å². The maximum absolute atomic E-state index is 10.8. The summed E-state index contributed by atoms with van der Waals surface area (Å²) in [5, 5.41) is 22.1. The van der Waals surface area contributed by atoms with Crippen LogP contribution in [0.1, 0.15) is 37.0 Å². The summed E-state index contributed by atoms with van der Waals surface area (Å²) >= 11 is 1.71.